The van der Waals surface area contributed by atoms with Crippen molar-refractivity contribution in [3.05, 3.63) is 24.0 Å². The van der Waals surface area contributed by atoms with E-state index in [0.29, 0.717) is 0 Å². The molecule has 1 saturated heterocycles. The third kappa shape index (κ3) is 3.08. The lowest BCUT2D eigenvalue weighted by atomic mass is 10.1. The van der Waals surface area contributed by atoms with E-state index in [4.69, 9.17) is 18.0 Å². The molecule has 1 aromatic carbocycles. The largest absolute Gasteiger partial charge is 0.376 e. The SMILES string of the molecule is NC(=S)Nc1ccc2nc(CN3CCCCC3)[nH]c2c1. The van der Waals surface area contributed by atoms with E-state index in [0.717, 1.165) is 29.1 Å². The van der Waals surface area contributed by atoms with Crippen LogP contribution in [0.2, 0.25) is 0 Å². The summed E-state index contributed by atoms with van der Waals surface area (Å²) in [5, 5.41) is 3.21. The van der Waals surface area contributed by atoms with E-state index in [1.807, 2.05) is 18.2 Å². The Kier molecular flexibility index (Phi) is 3.84. The molecular formula is C14H19N5S. The zero-order chi connectivity index (χ0) is 13.9. The minimum Gasteiger partial charge on any atom is -0.376 e. The maximum Gasteiger partial charge on any atom is 0.168 e. The number of nitrogens with two attached hydrogens (primary N) is 1. The van der Waals surface area contributed by atoms with Gasteiger partial charge in [0.1, 0.15) is 5.82 Å². The monoisotopic (exact) mass is 289 g/mol. The van der Waals surface area contributed by atoms with Gasteiger partial charge >= 0.3 is 0 Å². The maximum absolute atomic E-state index is 5.49. The summed E-state index contributed by atoms with van der Waals surface area (Å²) in [5.74, 6) is 1.02. The fourth-order valence-corrected chi connectivity index (χ4v) is 2.80. The highest BCUT2D eigenvalue weighted by Crippen LogP contribution is 2.19. The van der Waals surface area contributed by atoms with Crippen LogP contribution in [0, 0.1) is 0 Å². The Labute approximate surface area is 123 Å². The summed E-state index contributed by atoms with van der Waals surface area (Å²) in [6.45, 7) is 3.24. The minimum atomic E-state index is 0.275. The minimum absolute atomic E-state index is 0.275. The molecule has 0 amide bonds. The lowest BCUT2D eigenvalue weighted by Crippen LogP contribution is -2.29. The van der Waals surface area contributed by atoms with E-state index < -0.39 is 0 Å². The summed E-state index contributed by atoms with van der Waals surface area (Å²) in [5.41, 5.74) is 8.36. The van der Waals surface area contributed by atoms with Gasteiger partial charge in [0.2, 0.25) is 0 Å². The Morgan fingerprint density at radius 2 is 2.15 bits per heavy atom. The molecule has 0 atom stereocenters. The quantitative estimate of drug-likeness (QED) is 0.756. The maximum atomic E-state index is 5.49. The van der Waals surface area contributed by atoms with Crippen molar-refractivity contribution < 1.29 is 0 Å². The molecule has 2 heterocycles. The van der Waals surface area contributed by atoms with Crippen LogP contribution >= 0.6 is 12.2 Å². The molecule has 1 fully saturated rings. The van der Waals surface area contributed by atoms with Gasteiger partial charge in [-0.2, -0.15) is 0 Å². The van der Waals surface area contributed by atoms with Crippen molar-refractivity contribution in [1.82, 2.24) is 14.9 Å². The second kappa shape index (κ2) is 5.76. The number of H-pyrrole nitrogens is 1. The number of rotatable bonds is 3. The lowest BCUT2D eigenvalue weighted by Gasteiger charge is -2.25. The molecule has 1 aromatic heterocycles. The number of thiocarbonyl (C=S) groups is 1. The number of benzene rings is 1. The van der Waals surface area contributed by atoms with E-state index in [9.17, 15) is 0 Å². The Hall–Kier alpha value is -1.66. The fraction of sp³-hybridized carbons (Fsp3) is 0.429. The van der Waals surface area contributed by atoms with E-state index in [1.165, 1.54) is 32.4 Å². The number of aromatic amines is 1. The highest BCUT2D eigenvalue weighted by atomic mass is 32.1. The number of nitrogens with one attached hydrogen (secondary N) is 2. The first-order chi connectivity index (χ1) is 9.70. The highest BCUT2D eigenvalue weighted by molar-refractivity contribution is 7.80. The molecule has 1 aliphatic heterocycles. The normalized spacial score (nSPS) is 16.4. The van der Waals surface area contributed by atoms with Crippen LogP contribution in [0.25, 0.3) is 11.0 Å². The summed E-state index contributed by atoms with van der Waals surface area (Å²) < 4.78 is 0. The molecule has 0 bridgehead atoms. The average Bonchev–Trinajstić information content (AvgIpc) is 2.80. The van der Waals surface area contributed by atoms with Crippen molar-refractivity contribution in [1.29, 1.82) is 0 Å². The van der Waals surface area contributed by atoms with Gasteiger partial charge in [0.05, 0.1) is 17.6 Å². The van der Waals surface area contributed by atoms with Crippen LogP contribution in [0.15, 0.2) is 18.2 Å². The predicted octanol–water partition coefficient (Wildman–Crippen LogP) is 2.20. The summed E-state index contributed by atoms with van der Waals surface area (Å²) in [6, 6.07) is 5.90. The van der Waals surface area contributed by atoms with Gasteiger partial charge < -0.3 is 16.0 Å². The van der Waals surface area contributed by atoms with Gasteiger partial charge in [-0.3, -0.25) is 4.90 Å². The van der Waals surface area contributed by atoms with Crippen molar-refractivity contribution in [2.45, 2.75) is 25.8 Å². The van der Waals surface area contributed by atoms with Crippen LogP contribution in [0.1, 0.15) is 25.1 Å². The second-order valence-corrected chi connectivity index (χ2v) is 5.68. The molecule has 0 spiro atoms. The van der Waals surface area contributed by atoms with E-state index in [2.05, 4.69) is 20.2 Å². The number of hydrogen-bond acceptors (Lipinski definition) is 3. The number of imidazole rings is 1. The topological polar surface area (TPSA) is 70.0 Å². The second-order valence-electron chi connectivity index (χ2n) is 5.24. The molecule has 0 radical (unpaired) electrons. The molecule has 2 aromatic rings. The molecule has 3 rings (SSSR count). The number of anilines is 1. The highest BCUT2D eigenvalue weighted by Gasteiger charge is 2.12. The first kappa shape index (κ1) is 13.3. The van der Waals surface area contributed by atoms with Crippen LogP contribution < -0.4 is 11.1 Å². The first-order valence-corrected chi connectivity index (χ1v) is 7.39. The van der Waals surface area contributed by atoms with Crippen LogP contribution in [0.5, 0.6) is 0 Å². The number of aromatic nitrogens is 2. The Morgan fingerprint density at radius 3 is 2.90 bits per heavy atom. The van der Waals surface area contributed by atoms with Crippen molar-refractivity contribution in [2.75, 3.05) is 18.4 Å². The van der Waals surface area contributed by atoms with Crippen molar-refractivity contribution in [3.63, 3.8) is 0 Å². The van der Waals surface area contributed by atoms with Crippen LogP contribution in [0.3, 0.4) is 0 Å². The summed E-state index contributed by atoms with van der Waals surface area (Å²) in [4.78, 5) is 10.5. The first-order valence-electron chi connectivity index (χ1n) is 6.98. The Morgan fingerprint density at radius 1 is 1.35 bits per heavy atom. The molecule has 0 unspecified atom stereocenters. The standard InChI is InChI=1S/C14H19N5S/c15-14(20)16-10-4-5-11-12(8-10)18-13(17-11)9-19-6-2-1-3-7-19/h4-5,8H,1-3,6-7,9H2,(H,17,18)(H3,15,16,20). The molecular weight excluding hydrogens is 270 g/mol. The molecule has 4 N–H and O–H groups in total. The molecule has 0 saturated carbocycles. The number of hydrogen-bond donors (Lipinski definition) is 3. The van der Waals surface area contributed by atoms with Gasteiger partial charge in [-0.05, 0) is 56.3 Å². The molecule has 0 aliphatic carbocycles. The van der Waals surface area contributed by atoms with Gasteiger partial charge in [-0.25, -0.2) is 4.98 Å². The van der Waals surface area contributed by atoms with Crippen LogP contribution in [-0.2, 0) is 6.54 Å². The molecule has 6 heteroatoms. The van der Waals surface area contributed by atoms with Crippen molar-refractivity contribution >= 4 is 34.1 Å². The Bertz CT molecular complexity index is 615. The van der Waals surface area contributed by atoms with E-state index in [1.54, 1.807) is 0 Å². The van der Waals surface area contributed by atoms with Crippen molar-refractivity contribution in [2.24, 2.45) is 5.73 Å². The number of piperidine rings is 1. The predicted molar refractivity (Wildman–Crippen MR) is 85.6 cm³/mol. The van der Waals surface area contributed by atoms with E-state index >= 15 is 0 Å². The zero-order valence-corrected chi connectivity index (χ0v) is 12.2. The summed E-state index contributed by atoms with van der Waals surface area (Å²) in [7, 11) is 0. The fourth-order valence-electron chi connectivity index (χ4n) is 2.69. The van der Waals surface area contributed by atoms with Gasteiger partial charge in [0.25, 0.3) is 0 Å². The summed E-state index contributed by atoms with van der Waals surface area (Å²) >= 11 is 4.85. The third-order valence-corrected chi connectivity index (χ3v) is 3.72. The molecule has 1 aliphatic rings. The zero-order valence-electron chi connectivity index (χ0n) is 11.4. The van der Waals surface area contributed by atoms with Gasteiger partial charge in [0, 0.05) is 5.69 Å². The van der Waals surface area contributed by atoms with Crippen LogP contribution in [-0.4, -0.2) is 33.1 Å². The molecule has 20 heavy (non-hydrogen) atoms. The number of nitrogens with zero attached hydrogens (tertiary/aromatic N) is 2. The van der Waals surface area contributed by atoms with Gasteiger partial charge in [-0.15, -0.1) is 0 Å². The van der Waals surface area contributed by atoms with E-state index in [-0.39, 0.29) is 5.11 Å². The average molecular weight is 289 g/mol. The smallest absolute Gasteiger partial charge is 0.168 e. The number of fused-ring (bicyclic) bond motifs is 1. The third-order valence-electron chi connectivity index (χ3n) is 3.62. The lowest BCUT2D eigenvalue weighted by molar-refractivity contribution is 0.216. The molecule has 5 nitrogen and oxygen atoms in total. The van der Waals surface area contributed by atoms with Gasteiger partial charge in [0.15, 0.2) is 5.11 Å². The van der Waals surface area contributed by atoms with Crippen LogP contribution in [0.4, 0.5) is 5.69 Å². The molecule has 106 valence electrons. The number of likely N-dealkylation sites (tertiary alicyclic amines) is 1. The summed E-state index contributed by atoms with van der Waals surface area (Å²) in [6.07, 6.45) is 3.94. The van der Waals surface area contributed by atoms with Gasteiger partial charge in [-0.1, -0.05) is 6.42 Å². The van der Waals surface area contributed by atoms with Crippen molar-refractivity contribution in [3.8, 4) is 0 Å². The Balaban J connectivity index is 1.77.